The summed E-state index contributed by atoms with van der Waals surface area (Å²) in [5, 5.41) is 0. The Hall–Kier alpha value is -0.790. The fourth-order valence-corrected chi connectivity index (χ4v) is 1.49. The summed E-state index contributed by atoms with van der Waals surface area (Å²) < 4.78 is 31.8. The lowest BCUT2D eigenvalue weighted by Gasteiger charge is -2.21. The van der Waals surface area contributed by atoms with Crippen LogP contribution in [0.1, 0.15) is 18.7 Å². The number of hydrogen-bond acceptors (Lipinski definition) is 4. The molecule has 0 fully saturated rings. The Morgan fingerprint density at radius 3 is 2.72 bits per heavy atom. The van der Waals surface area contributed by atoms with Gasteiger partial charge in [-0.05, 0) is 35.0 Å². The number of nitrogens with zero attached hydrogens (tertiary/aromatic N) is 1. The Morgan fingerprint density at radius 2 is 2.22 bits per heavy atom. The highest BCUT2D eigenvalue weighted by atomic mass is 79.9. The van der Waals surface area contributed by atoms with Gasteiger partial charge in [0.1, 0.15) is 10.6 Å². The van der Waals surface area contributed by atoms with Crippen molar-refractivity contribution in [2.24, 2.45) is 5.73 Å². The third-order valence-electron chi connectivity index (χ3n) is 1.99. The molecular weight excluding hydrogens is 333 g/mol. The zero-order valence-corrected chi connectivity index (χ0v) is 11.8. The van der Waals surface area contributed by atoms with Gasteiger partial charge in [0, 0.05) is 0 Å². The Morgan fingerprint density at radius 1 is 1.61 bits per heavy atom. The van der Waals surface area contributed by atoms with E-state index in [0.717, 1.165) is 0 Å². The molecule has 102 valence electrons. The number of alkyl halides is 2. The molecule has 0 aliphatic heterocycles. The maximum Gasteiger partial charge on any atom is 0.379 e. The van der Waals surface area contributed by atoms with Gasteiger partial charge in [0.05, 0.1) is 12.3 Å². The molecule has 2 N–H and O–H groups in total. The monoisotopic (exact) mass is 344 g/mol. The minimum atomic E-state index is -3.80. The lowest BCUT2D eigenvalue weighted by atomic mass is 10.1. The molecule has 1 rings (SSSR count). The Kier molecular flexibility index (Phi) is 6.66. The molecule has 1 aromatic rings. The summed E-state index contributed by atoms with van der Waals surface area (Å²) in [4.78, 5) is 14.9. The smallest absolute Gasteiger partial charge is 0.379 e. The second-order valence-corrected chi connectivity index (χ2v) is 4.02. The molecule has 1 heterocycles. The van der Waals surface area contributed by atoms with Crippen LogP contribution in [0.3, 0.4) is 0 Å². The highest BCUT2D eigenvalue weighted by molar-refractivity contribution is 9.10. The quantitative estimate of drug-likeness (QED) is 0.672. The number of carbonyl (C=O) groups excluding carboxylic acids is 1. The first kappa shape index (κ1) is 17.2. The first-order valence-corrected chi connectivity index (χ1v) is 5.62. The van der Waals surface area contributed by atoms with Gasteiger partial charge in [-0.1, -0.05) is 6.07 Å². The summed E-state index contributed by atoms with van der Waals surface area (Å²) in [7, 11) is 0. The zero-order valence-electron chi connectivity index (χ0n) is 9.40. The van der Waals surface area contributed by atoms with Gasteiger partial charge in [0.15, 0.2) is 0 Å². The average molecular weight is 346 g/mol. The molecule has 8 heteroatoms. The van der Waals surface area contributed by atoms with Gasteiger partial charge >= 0.3 is 11.9 Å². The SMILES string of the molecule is CCOC(=O)C(F)(F)[C@@H](N)c1cccc(Br)n1.Cl. The Bertz CT molecular complexity index is 421. The van der Waals surface area contributed by atoms with Crippen molar-refractivity contribution in [3.8, 4) is 0 Å². The number of nitrogens with two attached hydrogens (primary N) is 1. The van der Waals surface area contributed by atoms with E-state index in [1.165, 1.54) is 19.1 Å². The summed E-state index contributed by atoms with van der Waals surface area (Å²) in [6.45, 7) is 1.31. The zero-order chi connectivity index (χ0) is 13.1. The van der Waals surface area contributed by atoms with Gasteiger partial charge in [-0.2, -0.15) is 8.78 Å². The standard InChI is InChI=1S/C10H11BrF2N2O2.ClH/c1-2-17-9(16)10(12,13)8(14)6-4-3-5-7(11)15-6;/h3-5,8H,2,14H2,1H3;1H/t8-;/m0./s1. The highest BCUT2D eigenvalue weighted by Crippen LogP contribution is 2.30. The predicted molar refractivity (Wildman–Crippen MR) is 67.7 cm³/mol. The van der Waals surface area contributed by atoms with Crippen molar-refractivity contribution in [3.63, 3.8) is 0 Å². The molecule has 0 unspecified atom stereocenters. The van der Waals surface area contributed by atoms with Gasteiger partial charge in [0.2, 0.25) is 0 Å². The van der Waals surface area contributed by atoms with Crippen LogP contribution in [0.2, 0.25) is 0 Å². The summed E-state index contributed by atoms with van der Waals surface area (Å²) in [5.41, 5.74) is 5.25. The van der Waals surface area contributed by atoms with Crippen LogP contribution in [0.5, 0.6) is 0 Å². The van der Waals surface area contributed by atoms with Gasteiger partial charge in [-0.15, -0.1) is 12.4 Å². The molecule has 0 aliphatic rings. The third-order valence-corrected chi connectivity index (χ3v) is 2.44. The van der Waals surface area contributed by atoms with Gasteiger partial charge in [0.25, 0.3) is 0 Å². The van der Waals surface area contributed by atoms with E-state index in [0.29, 0.717) is 4.60 Å². The van der Waals surface area contributed by atoms with Crippen molar-refractivity contribution >= 4 is 34.3 Å². The van der Waals surface area contributed by atoms with E-state index >= 15 is 0 Å². The molecule has 0 radical (unpaired) electrons. The molecule has 18 heavy (non-hydrogen) atoms. The van der Waals surface area contributed by atoms with Crippen molar-refractivity contribution in [2.45, 2.75) is 18.9 Å². The van der Waals surface area contributed by atoms with Crippen LogP contribution in [0, 0.1) is 0 Å². The predicted octanol–water partition coefficient (Wildman–Crippen LogP) is 2.46. The molecule has 0 aromatic carbocycles. The molecule has 0 amide bonds. The van der Waals surface area contributed by atoms with Gasteiger partial charge < -0.3 is 10.5 Å². The van der Waals surface area contributed by atoms with Crippen LogP contribution in [0.4, 0.5) is 8.78 Å². The molecule has 0 aliphatic carbocycles. The number of esters is 1. The van der Waals surface area contributed by atoms with Crippen LogP contribution in [-0.4, -0.2) is 23.5 Å². The number of hydrogen-bond donors (Lipinski definition) is 1. The molecule has 1 aromatic heterocycles. The summed E-state index contributed by atoms with van der Waals surface area (Å²) in [5.74, 6) is -5.45. The molecule has 1 atom stereocenters. The number of rotatable bonds is 4. The normalized spacial score (nSPS) is 12.5. The maximum atomic E-state index is 13.6. The number of pyridine rings is 1. The second kappa shape index (κ2) is 6.96. The molecule has 0 spiro atoms. The molecule has 0 saturated heterocycles. The van der Waals surface area contributed by atoms with Crippen molar-refractivity contribution in [2.75, 3.05) is 6.61 Å². The summed E-state index contributed by atoms with van der Waals surface area (Å²) in [6, 6.07) is 2.56. The van der Waals surface area contributed by atoms with E-state index in [1.54, 1.807) is 6.07 Å². The highest BCUT2D eigenvalue weighted by Gasteiger charge is 2.48. The van der Waals surface area contributed by atoms with E-state index in [4.69, 9.17) is 5.73 Å². The lowest BCUT2D eigenvalue weighted by molar-refractivity contribution is -0.175. The fourth-order valence-electron chi connectivity index (χ4n) is 1.14. The maximum absolute atomic E-state index is 13.6. The van der Waals surface area contributed by atoms with Gasteiger partial charge in [-0.3, -0.25) is 0 Å². The Labute approximate surface area is 117 Å². The van der Waals surface area contributed by atoms with E-state index in [9.17, 15) is 13.6 Å². The van der Waals surface area contributed by atoms with E-state index in [1.807, 2.05) is 0 Å². The Balaban J connectivity index is 0.00000289. The number of aromatic nitrogens is 1. The van der Waals surface area contributed by atoms with Crippen LogP contribution < -0.4 is 5.73 Å². The van der Waals surface area contributed by atoms with Crippen LogP contribution in [-0.2, 0) is 9.53 Å². The minimum Gasteiger partial charge on any atom is -0.462 e. The minimum absolute atomic E-state index is 0. The van der Waals surface area contributed by atoms with Crippen molar-refractivity contribution < 1.29 is 18.3 Å². The first-order valence-electron chi connectivity index (χ1n) is 4.82. The van der Waals surface area contributed by atoms with Gasteiger partial charge in [-0.25, -0.2) is 9.78 Å². The summed E-state index contributed by atoms with van der Waals surface area (Å²) in [6.07, 6.45) is 0. The lowest BCUT2D eigenvalue weighted by Crippen LogP contribution is -2.42. The number of halogens is 4. The topological polar surface area (TPSA) is 65.2 Å². The molecule has 0 bridgehead atoms. The van der Waals surface area contributed by atoms with Crippen molar-refractivity contribution in [1.29, 1.82) is 0 Å². The first-order chi connectivity index (χ1) is 7.89. The van der Waals surface area contributed by atoms with E-state index < -0.39 is 17.9 Å². The number of ether oxygens (including phenoxy) is 1. The third kappa shape index (κ3) is 3.86. The van der Waals surface area contributed by atoms with Crippen molar-refractivity contribution in [3.05, 3.63) is 28.5 Å². The second-order valence-electron chi connectivity index (χ2n) is 3.21. The van der Waals surface area contributed by atoms with Crippen LogP contribution in [0.15, 0.2) is 22.8 Å². The van der Waals surface area contributed by atoms with E-state index in [2.05, 4.69) is 25.7 Å². The van der Waals surface area contributed by atoms with Crippen LogP contribution >= 0.6 is 28.3 Å². The largest absolute Gasteiger partial charge is 0.462 e. The molecule has 0 saturated carbocycles. The van der Waals surface area contributed by atoms with E-state index in [-0.39, 0.29) is 24.7 Å². The summed E-state index contributed by atoms with van der Waals surface area (Å²) >= 11 is 3.04. The van der Waals surface area contributed by atoms with Crippen LogP contribution in [0.25, 0.3) is 0 Å². The average Bonchev–Trinajstić information content (AvgIpc) is 2.28. The van der Waals surface area contributed by atoms with Crippen molar-refractivity contribution in [1.82, 2.24) is 4.98 Å². The molecule has 4 nitrogen and oxygen atoms in total. The number of carbonyl (C=O) groups is 1. The fraction of sp³-hybridized carbons (Fsp3) is 0.400. The molecular formula is C10H12BrClF2N2O2.